The van der Waals surface area contributed by atoms with Crippen molar-refractivity contribution in [1.29, 1.82) is 0 Å². The lowest BCUT2D eigenvalue weighted by Crippen LogP contribution is -2.58. The van der Waals surface area contributed by atoms with E-state index in [4.69, 9.17) is 9.47 Å². The molecular weight excluding hydrogens is 424 g/mol. The number of carbonyl (C=O) groups is 1. The number of carbonyl (C=O) groups excluding carboxylic acids is 1. The van der Waals surface area contributed by atoms with Crippen LogP contribution in [-0.4, -0.2) is 31.8 Å². The number of methoxy groups -OCH3 is 1. The smallest absolute Gasteiger partial charge is 0.241 e. The summed E-state index contributed by atoms with van der Waals surface area (Å²) in [6.07, 6.45) is 11.6. The Bertz CT molecular complexity index is 1050. The number of hydrogen-bond acceptors (Lipinski definition) is 4. The number of amides is 1. The van der Waals surface area contributed by atoms with Gasteiger partial charge in [0.1, 0.15) is 5.66 Å². The topological polar surface area (TPSA) is 50.8 Å². The minimum atomic E-state index is -0.603. The molecule has 2 aromatic rings. The van der Waals surface area contributed by atoms with Crippen LogP contribution in [0.4, 0.5) is 5.69 Å². The van der Waals surface area contributed by atoms with Crippen LogP contribution in [0.15, 0.2) is 48.5 Å². The lowest BCUT2D eigenvalue weighted by molar-refractivity contribution is -0.118. The fourth-order valence-electron chi connectivity index (χ4n) is 5.33. The summed E-state index contributed by atoms with van der Waals surface area (Å²) in [5, 5.41) is 3.27. The SMILES string of the molecule is CCCCCCCCOc1ccc(C=C[C@@]23NC(=O)CN2c2ccccc2C3(C)C)cc1OC. The highest BCUT2D eigenvalue weighted by Crippen LogP contribution is 2.52. The Morgan fingerprint density at radius 1 is 1.03 bits per heavy atom. The summed E-state index contributed by atoms with van der Waals surface area (Å²) in [6, 6.07) is 14.4. The first-order valence-corrected chi connectivity index (χ1v) is 12.6. The number of nitrogens with zero attached hydrogens (tertiary/aromatic N) is 1. The molecule has 0 aromatic heterocycles. The second-order valence-electron chi connectivity index (χ2n) is 9.90. The normalized spacial score (nSPS) is 20.4. The number of hydrogen-bond donors (Lipinski definition) is 1. The Kier molecular flexibility index (Phi) is 7.20. The molecule has 2 aliphatic rings. The number of nitrogens with one attached hydrogen (secondary N) is 1. The predicted octanol–water partition coefficient (Wildman–Crippen LogP) is 6.07. The maximum atomic E-state index is 12.5. The quantitative estimate of drug-likeness (QED) is 0.412. The van der Waals surface area contributed by atoms with Gasteiger partial charge < -0.3 is 19.7 Å². The first kappa shape index (κ1) is 24.2. The van der Waals surface area contributed by atoms with Gasteiger partial charge in [-0.1, -0.05) is 83.2 Å². The van der Waals surface area contributed by atoms with E-state index in [1.165, 1.54) is 37.7 Å². The van der Waals surface area contributed by atoms with Crippen LogP contribution in [0.3, 0.4) is 0 Å². The summed E-state index contributed by atoms with van der Waals surface area (Å²) in [4.78, 5) is 14.7. The molecule has 34 heavy (non-hydrogen) atoms. The minimum absolute atomic E-state index is 0.0447. The zero-order valence-electron chi connectivity index (χ0n) is 21.0. The number of para-hydroxylation sites is 1. The summed E-state index contributed by atoms with van der Waals surface area (Å²) in [6.45, 7) is 7.69. The van der Waals surface area contributed by atoms with Crippen molar-refractivity contribution in [3.8, 4) is 11.5 Å². The van der Waals surface area contributed by atoms with Gasteiger partial charge in [-0.25, -0.2) is 0 Å². The van der Waals surface area contributed by atoms with Crippen molar-refractivity contribution in [3.63, 3.8) is 0 Å². The van der Waals surface area contributed by atoms with Gasteiger partial charge in [-0.3, -0.25) is 4.79 Å². The molecule has 0 unspecified atom stereocenters. The second kappa shape index (κ2) is 10.1. The molecule has 0 bridgehead atoms. The molecule has 5 heteroatoms. The first-order chi connectivity index (χ1) is 16.4. The highest BCUT2D eigenvalue weighted by molar-refractivity contribution is 5.91. The first-order valence-electron chi connectivity index (χ1n) is 12.6. The van der Waals surface area contributed by atoms with Gasteiger partial charge in [0.2, 0.25) is 5.91 Å². The van der Waals surface area contributed by atoms with E-state index in [1.54, 1.807) is 7.11 Å². The van der Waals surface area contributed by atoms with Crippen LogP contribution in [0.25, 0.3) is 6.08 Å². The molecule has 0 saturated carbocycles. The van der Waals surface area contributed by atoms with Gasteiger partial charge in [0, 0.05) is 11.1 Å². The van der Waals surface area contributed by atoms with E-state index < -0.39 is 5.66 Å². The summed E-state index contributed by atoms with van der Waals surface area (Å²) >= 11 is 0. The molecule has 4 rings (SSSR count). The molecule has 2 aliphatic heterocycles. The van der Waals surface area contributed by atoms with Crippen molar-refractivity contribution in [2.75, 3.05) is 25.2 Å². The lowest BCUT2D eigenvalue weighted by Gasteiger charge is -2.40. The molecule has 2 aromatic carbocycles. The molecular formula is C29H38N2O3. The second-order valence-corrected chi connectivity index (χ2v) is 9.90. The van der Waals surface area contributed by atoms with Crippen LogP contribution in [-0.2, 0) is 10.2 Å². The molecule has 182 valence electrons. The van der Waals surface area contributed by atoms with Crippen LogP contribution < -0.4 is 19.7 Å². The lowest BCUT2D eigenvalue weighted by atomic mass is 9.75. The van der Waals surface area contributed by atoms with Gasteiger partial charge in [-0.2, -0.15) is 0 Å². The molecule has 0 radical (unpaired) electrons. The summed E-state index contributed by atoms with van der Waals surface area (Å²) in [7, 11) is 1.68. The van der Waals surface area contributed by atoms with Crippen molar-refractivity contribution >= 4 is 17.7 Å². The van der Waals surface area contributed by atoms with Crippen LogP contribution in [0.1, 0.15) is 70.4 Å². The predicted molar refractivity (Wildman–Crippen MR) is 139 cm³/mol. The molecule has 5 nitrogen and oxygen atoms in total. The zero-order chi connectivity index (χ0) is 24.2. The van der Waals surface area contributed by atoms with E-state index in [9.17, 15) is 4.79 Å². The number of rotatable bonds is 11. The average Bonchev–Trinajstić information content (AvgIpc) is 3.27. The van der Waals surface area contributed by atoms with E-state index in [-0.39, 0.29) is 11.3 Å². The van der Waals surface area contributed by atoms with E-state index in [1.807, 2.05) is 24.3 Å². The molecule has 1 amide bonds. The number of ether oxygens (including phenoxy) is 2. The zero-order valence-corrected chi connectivity index (χ0v) is 21.0. The Balaban J connectivity index is 1.48. The molecule has 0 aliphatic carbocycles. The molecule has 1 N–H and O–H groups in total. The fourth-order valence-corrected chi connectivity index (χ4v) is 5.33. The van der Waals surface area contributed by atoms with Gasteiger partial charge in [0.25, 0.3) is 0 Å². The third kappa shape index (κ3) is 4.40. The fraction of sp³-hybridized carbons (Fsp3) is 0.483. The highest BCUT2D eigenvalue weighted by Gasteiger charge is 2.59. The molecule has 1 saturated heterocycles. The van der Waals surface area contributed by atoms with Gasteiger partial charge in [-0.15, -0.1) is 0 Å². The maximum absolute atomic E-state index is 12.5. The van der Waals surface area contributed by atoms with Crippen molar-refractivity contribution < 1.29 is 14.3 Å². The Morgan fingerprint density at radius 3 is 2.59 bits per heavy atom. The third-order valence-corrected chi connectivity index (χ3v) is 7.34. The van der Waals surface area contributed by atoms with Crippen molar-refractivity contribution in [1.82, 2.24) is 5.32 Å². The maximum Gasteiger partial charge on any atom is 0.241 e. The number of unbranched alkanes of at least 4 members (excludes halogenated alkanes) is 5. The molecule has 1 fully saturated rings. The summed E-state index contributed by atoms with van der Waals surface area (Å²) < 4.78 is 11.6. The summed E-state index contributed by atoms with van der Waals surface area (Å²) in [5.41, 5.74) is 2.48. The van der Waals surface area contributed by atoms with E-state index >= 15 is 0 Å². The van der Waals surface area contributed by atoms with Crippen LogP contribution in [0.5, 0.6) is 11.5 Å². The Morgan fingerprint density at radius 2 is 1.79 bits per heavy atom. The average molecular weight is 463 g/mol. The Labute approximate surface area is 204 Å². The van der Waals surface area contributed by atoms with Crippen LogP contribution >= 0.6 is 0 Å². The van der Waals surface area contributed by atoms with Crippen molar-refractivity contribution in [3.05, 3.63) is 59.7 Å². The highest BCUT2D eigenvalue weighted by atomic mass is 16.5. The molecule has 1 atom stereocenters. The number of fused-ring (bicyclic) bond motifs is 3. The third-order valence-electron chi connectivity index (χ3n) is 7.34. The molecule has 0 spiro atoms. The molecule has 2 heterocycles. The van der Waals surface area contributed by atoms with Gasteiger partial charge in [0.15, 0.2) is 11.5 Å². The minimum Gasteiger partial charge on any atom is -0.493 e. The number of anilines is 1. The van der Waals surface area contributed by atoms with Crippen molar-refractivity contribution in [2.24, 2.45) is 0 Å². The van der Waals surface area contributed by atoms with E-state index in [0.717, 1.165) is 29.2 Å². The van der Waals surface area contributed by atoms with Crippen LogP contribution in [0.2, 0.25) is 0 Å². The van der Waals surface area contributed by atoms with E-state index in [0.29, 0.717) is 13.2 Å². The van der Waals surface area contributed by atoms with Gasteiger partial charge >= 0.3 is 0 Å². The standard InChI is InChI=1S/C29H38N2O3/c1-5-6-7-8-9-12-19-34-25-16-15-22(20-26(25)33-4)17-18-29-28(2,3)23-13-10-11-14-24(23)31(29)21-27(32)30-29/h10-11,13-18,20H,5-9,12,19,21H2,1-4H3,(H,30,32)/t29-/m1/s1. The number of benzene rings is 2. The van der Waals surface area contributed by atoms with Crippen LogP contribution in [0, 0.1) is 0 Å². The largest absolute Gasteiger partial charge is 0.493 e. The Hall–Kier alpha value is -2.95. The monoisotopic (exact) mass is 462 g/mol. The van der Waals surface area contributed by atoms with Crippen molar-refractivity contribution in [2.45, 2.75) is 70.4 Å². The summed E-state index contributed by atoms with van der Waals surface area (Å²) in [5.74, 6) is 1.55. The van der Waals surface area contributed by atoms with E-state index in [2.05, 4.69) is 61.3 Å². The van der Waals surface area contributed by atoms with Gasteiger partial charge in [-0.05, 0) is 41.8 Å². The van der Waals surface area contributed by atoms with Gasteiger partial charge in [0.05, 0.1) is 20.3 Å².